The number of sulfonamides is 1. The van der Waals surface area contributed by atoms with Crippen molar-refractivity contribution >= 4 is 21.9 Å². The first-order valence-corrected chi connectivity index (χ1v) is 10.8. The van der Waals surface area contributed by atoms with Gasteiger partial charge in [0.05, 0.1) is 19.1 Å². The third kappa shape index (κ3) is 4.00. The van der Waals surface area contributed by atoms with Crippen molar-refractivity contribution < 1.29 is 27.5 Å². The summed E-state index contributed by atoms with van der Waals surface area (Å²) in [5.74, 6) is -0.138. The van der Waals surface area contributed by atoms with Gasteiger partial charge in [-0.15, -0.1) is 0 Å². The third-order valence-corrected chi connectivity index (χ3v) is 7.42. The Balaban J connectivity index is 1.63. The van der Waals surface area contributed by atoms with Crippen LogP contribution in [0.5, 0.6) is 5.75 Å². The van der Waals surface area contributed by atoms with Crippen molar-refractivity contribution in [3.8, 4) is 5.75 Å². The molecule has 0 aliphatic carbocycles. The van der Waals surface area contributed by atoms with Gasteiger partial charge in [0.15, 0.2) is 0 Å². The third-order valence-electron chi connectivity index (χ3n) is 5.51. The second-order valence-electron chi connectivity index (χ2n) is 7.07. The summed E-state index contributed by atoms with van der Waals surface area (Å²) < 4.78 is 36.9. The lowest BCUT2D eigenvalue weighted by molar-refractivity contribution is -0.152. The van der Waals surface area contributed by atoms with Gasteiger partial charge in [0.2, 0.25) is 15.9 Å². The van der Waals surface area contributed by atoms with Gasteiger partial charge in [-0.3, -0.25) is 4.79 Å². The second-order valence-corrected chi connectivity index (χ2v) is 9.00. The molecule has 0 aromatic heterocycles. The van der Waals surface area contributed by atoms with Gasteiger partial charge >= 0.3 is 5.97 Å². The molecule has 2 fully saturated rings. The van der Waals surface area contributed by atoms with Crippen LogP contribution in [-0.2, 0) is 24.3 Å². The SMILES string of the molecule is COC(=O)[C@@H]1CCCN1C(=O)C1CCN(S(=O)(=O)c2ccc(OC)cc2)CC1. The smallest absolute Gasteiger partial charge is 0.328 e. The molecular formula is C19H26N2O6S. The Kier molecular flexibility index (Phi) is 6.24. The van der Waals surface area contributed by atoms with Gasteiger partial charge in [0.25, 0.3) is 0 Å². The van der Waals surface area contributed by atoms with Crippen molar-refractivity contribution in [3.05, 3.63) is 24.3 Å². The largest absolute Gasteiger partial charge is 0.497 e. The van der Waals surface area contributed by atoms with E-state index in [4.69, 9.17) is 9.47 Å². The van der Waals surface area contributed by atoms with Crippen LogP contribution in [0.3, 0.4) is 0 Å². The van der Waals surface area contributed by atoms with Gasteiger partial charge < -0.3 is 14.4 Å². The molecule has 1 atom stereocenters. The van der Waals surface area contributed by atoms with E-state index in [1.165, 1.54) is 30.7 Å². The maximum atomic E-state index is 12.9. The highest BCUT2D eigenvalue weighted by Gasteiger charge is 2.40. The molecule has 3 rings (SSSR count). The number of carbonyl (C=O) groups is 2. The molecule has 154 valence electrons. The van der Waals surface area contributed by atoms with Crippen molar-refractivity contribution in [3.63, 3.8) is 0 Å². The number of likely N-dealkylation sites (tertiary alicyclic amines) is 1. The Labute approximate surface area is 165 Å². The number of nitrogens with zero attached hydrogens (tertiary/aromatic N) is 2. The number of amides is 1. The Morgan fingerprint density at radius 2 is 1.64 bits per heavy atom. The Morgan fingerprint density at radius 1 is 1.00 bits per heavy atom. The van der Waals surface area contributed by atoms with E-state index in [1.807, 2.05) is 0 Å². The fraction of sp³-hybridized carbons (Fsp3) is 0.579. The predicted octanol–water partition coefficient (Wildman–Crippen LogP) is 1.26. The second kappa shape index (κ2) is 8.48. The summed E-state index contributed by atoms with van der Waals surface area (Å²) in [5.41, 5.74) is 0. The van der Waals surface area contributed by atoms with Gasteiger partial charge in [0, 0.05) is 25.6 Å². The van der Waals surface area contributed by atoms with Crippen LogP contribution >= 0.6 is 0 Å². The zero-order valence-corrected chi connectivity index (χ0v) is 17.0. The lowest BCUT2D eigenvalue weighted by atomic mass is 9.96. The first-order valence-electron chi connectivity index (χ1n) is 9.41. The Morgan fingerprint density at radius 3 is 2.21 bits per heavy atom. The minimum atomic E-state index is -3.60. The Hall–Kier alpha value is -2.13. The number of ether oxygens (including phenoxy) is 2. The lowest BCUT2D eigenvalue weighted by Crippen LogP contribution is -2.47. The van der Waals surface area contributed by atoms with Crippen LogP contribution in [0.2, 0.25) is 0 Å². The molecule has 0 unspecified atom stereocenters. The van der Waals surface area contributed by atoms with Crippen molar-refractivity contribution in [1.82, 2.24) is 9.21 Å². The van der Waals surface area contributed by atoms with Gasteiger partial charge in [-0.05, 0) is 49.9 Å². The average Bonchev–Trinajstić information content (AvgIpc) is 3.22. The number of benzene rings is 1. The zero-order chi connectivity index (χ0) is 20.3. The molecule has 28 heavy (non-hydrogen) atoms. The lowest BCUT2D eigenvalue weighted by Gasteiger charge is -2.33. The first kappa shape index (κ1) is 20.6. The van der Waals surface area contributed by atoms with Crippen LogP contribution in [0.15, 0.2) is 29.2 Å². The van der Waals surface area contributed by atoms with E-state index in [2.05, 4.69) is 0 Å². The van der Waals surface area contributed by atoms with Gasteiger partial charge in [-0.1, -0.05) is 0 Å². The van der Waals surface area contributed by atoms with Crippen LogP contribution in [0.1, 0.15) is 25.7 Å². The minimum Gasteiger partial charge on any atom is -0.497 e. The predicted molar refractivity (Wildman–Crippen MR) is 101 cm³/mol. The quantitative estimate of drug-likeness (QED) is 0.679. The monoisotopic (exact) mass is 410 g/mol. The van der Waals surface area contributed by atoms with E-state index >= 15 is 0 Å². The van der Waals surface area contributed by atoms with Crippen LogP contribution in [-0.4, -0.2) is 69.4 Å². The molecule has 1 amide bonds. The molecule has 1 aromatic carbocycles. The number of rotatable bonds is 5. The van der Waals surface area contributed by atoms with Crippen molar-refractivity contribution in [1.29, 1.82) is 0 Å². The minimum absolute atomic E-state index is 0.0746. The van der Waals surface area contributed by atoms with Gasteiger partial charge in [0.1, 0.15) is 11.8 Å². The topological polar surface area (TPSA) is 93.2 Å². The van der Waals surface area contributed by atoms with Crippen LogP contribution in [0, 0.1) is 5.92 Å². The molecule has 2 saturated heterocycles. The maximum absolute atomic E-state index is 12.9. The summed E-state index contributed by atoms with van der Waals surface area (Å²) in [6.07, 6.45) is 2.27. The fourth-order valence-corrected chi connectivity index (χ4v) is 5.36. The number of methoxy groups -OCH3 is 2. The molecule has 8 nitrogen and oxygen atoms in total. The summed E-state index contributed by atoms with van der Waals surface area (Å²) in [7, 11) is -0.755. The summed E-state index contributed by atoms with van der Waals surface area (Å²) in [6, 6.07) is 5.76. The molecular weight excluding hydrogens is 384 g/mol. The van der Waals surface area contributed by atoms with Gasteiger partial charge in [-0.25, -0.2) is 13.2 Å². The summed E-state index contributed by atoms with van der Waals surface area (Å²) in [4.78, 5) is 26.6. The number of hydrogen-bond donors (Lipinski definition) is 0. The molecule has 0 bridgehead atoms. The number of carbonyl (C=O) groups excluding carboxylic acids is 2. The summed E-state index contributed by atoms with van der Waals surface area (Å²) in [5, 5.41) is 0. The van der Waals surface area contributed by atoms with Crippen LogP contribution < -0.4 is 4.74 Å². The van der Waals surface area contributed by atoms with E-state index in [-0.39, 0.29) is 35.8 Å². The van der Waals surface area contributed by atoms with Gasteiger partial charge in [-0.2, -0.15) is 4.31 Å². The number of hydrogen-bond acceptors (Lipinski definition) is 6. The molecule has 2 heterocycles. The molecule has 0 N–H and O–H groups in total. The van der Waals surface area contributed by atoms with Crippen molar-refractivity contribution in [2.75, 3.05) is 33.9 Å². The normalized spacial score (nSPS) is 21.5. The first-order chi connectivity index (χ1) is 13.4. The molecule has 0 radical (unpaired) electrons. The molecule has 0 spiro atoms. The zero-order valence-electron chi connectivity index (χ0n) is 16.2. The molecule has 0 saturated carbocycles. The molecule has 1 aromatic rings. The van der Waals surface area contributed by atoms with E-state index in [0.29, 0.717) is 31.6 Å². The molecule has 2 aliphatic rings. The fourth-order valence-electron chi connectivity index (χ4n) is 3.89. The van der Waals surface area contributed by atoms with E-state index < -0.39 is 16.1 Å². The van der Waals surface area contributed by atoms with Crippen molar-refractivity contribution in [2.45, 2.75) is 36.6 Å². The molecule has 9 heteroatoms. The highest BCUT2D eigenvalue weighted by Crippen LogP contribution is 2.28. The Bertz CT molecular complexity index is 815. The van der Waals surface area contributed by atoms with E-state index in [9.17, 15) is 18.0 Å². The van der Waals surface area contributed by atoms with E-state index in [1.54, 1.807) is 17.0 Å². The average molecular weight is 410 g/mol. The summed E-state index contributed by atoms with van der Waals surface area (Å²) in [6.45, 7) is 1.10. The van der Waals surface area contributed by atoms with Crippen LogP contribution in [0.4, 0.5) is 0 Å². The standard InChI is InChI=1S/C19H26N2O6S/c1-26-15-5-7-16(8-6-15)28(24,25)20-12-9-14(10-13-20)18(22)21-11-3-4-17(21)19(23)27-2/h5-8,14,17H,3-4,9-13H2,1-2H3/t17-/m0/s1. The maximum Gasteiger partial charge on any atom is 0.328 e. The molecule has 2 aliphatic heterocycles. The number of piperidine rings is 1. The summed E-state index contributed by atoms with van der Waals surface area (Å²) >= 11 is 0. The van der Waals surface area contributed by atoms with Crippen LogP contribution in [0.25, 0.3) is 0 Å². The highest BCUT2D eigenvalue weighted by molar-refractivity contribution is 7.89. The van der Waals surface area contributed by atoms with Crippen molar-refractivity contribution in [2.24, 2.45) is 5.92 Å². The highest BCUT2D eigenvalue weighted by atomic mass is 32.2. The number of esters is 1. The van der Waals surface area contributed by atoms with E-state index in [0.717, 1.165) is 6.42 Å².